The third kappa shape index (κ3) is 3.01. The first kappa shape index (κ1) is 11.0. The Bertz CT molecular complexity index is 200. The summed E-state index contributed by atoms with van der Waals surface area (Å²) in [4.78, 5) is 13.4. The Kier molecular flexibility index (Phi) is 4.43. The number of carbonyl (C=O) groups is 1. The highest BCUT2D eigenvalue weighted by molar-refractivity contribution is 5.78. The fourth-order valence-corrected chi connectivity index (χ4v) is 1.91. The van der Waals surface area contributed by atoms with Crippen LogP contribution in [0.1, 0.15) is 32.1 Å². The van der Waals surface area contributed by atoms with Crippen LogP contribution in [0.4, 0.5) is 0 Å². The lowest BCUT2D eigenvalue weighted by Gasteiger charge is -2.31. The molecular weight excluding hydrogens is 178 g/mol. The molecule has 0 spiro atoms. The molecule has 0 saturated heterocycles. The van der Waals surface area contributed by atoms with E-state index in [2.05, 4.69) is 10.5 Å². The van der Waals surface area contributed by atoms with Gasteiger partial charge in [0, 0.05) is 13.1 Å². The summed E-state index contributed by atoms with van der Waals surface area (Å²) in [6.45, 7) is 5.10. The molecule has 4 nitrogen and oxygen atoms in total. The zero-order valence-corrected chi connectivity index (χ0v) is 8.70. The summed E-state index contributed by atoms with van der Waals surface area (Å²) in [5.41, 5.74) is 2.48. The van der Waals surface area contributed by atoms with E-state index in [1.807, 2.05) is 11.9 Å². The van der Waals surface area contributed by atoms with E-state index in [1.165, 1.54) is 19.3 Å². The second kappa shape index (κ2) is 5.62. The van der Waals surface area contributed by atoms with Crippen LogP contribution in [0.5, 0.6) is 0 Å². The number of likely N-dealkylation sites (N-methyl/N-ethyl adjacent to an activating group) is 1. The Morgan fingerprint density at radius 3 is 2.71 bits per heavy atom. The summed E-state index contributed by atoms with van der Waals surface area (Å²) in [5.74, 6) is 0.0612. The van der Waals surface area contributed by atoms with Crippen molar-refractivity contribution < 1.29 is 4.79 Å². The topological polar surface area (TPSA) is 44.7 Å². The molecule has 1 radical (unpaired) electrons. The molecular formula is C10H18N3O. The molecule has 1 fully saturated rings. The van der Waals surface area contributed by atoms with Crippen molar-refractivity contribution in [2.75, 3.05) is 13.6 Å². The standard InChI is InChI=1S/C10H18N3O/c1-11-12-8-10(14)13(2)9-6-4-3-5-7-9/h1,9,12H,3-8H2,2H3. The lowest BCUT2D eigenvalue weighted by Crippen LogP contribution is -2.42. The molecule has 1 aliphatic carbocycles. The van der Waals surface area contributed by atoms with Gasteiger partial charge in [0.15, 0.2) is 0 Å². The van der Waals surface area contributed by atoms with Crippen molar-refractivity contribution in [3.05, 3.63) is 0 Å². The maximum atomic E-state index is 11.5. The van der Waals surface area contributed by atoms with Crippen molar-refractivity contribution in [2.24, 2.45) is 5.10 Å². The van der Waals surface area contributed by atoms with Crippen molar-refractivity contribution in [1.29, 1.82) is 0 Å². The maximum absolute atomic E-state index is 11.5. The molecule has 0 bridgehead atoms. The van der Waals surface area contributed by atoms with E-state index in [4.69, 9.17) is 6.72 Å². The van der Waals surface area contributed by atoms with Crippen LogP contribution in [0, 0.1) is 0 Å². The second-order valence-electron chi connectivity index (χ2n) is 3.76. The van der Waals surface area contributed by atoms with E-state index in [-0.39, 0.29) is 12.5 Å². The minimum atomic E-state index is 0.0612. The van der Waals surface area contributed by atoms with Gasteiger partial charge in [-0.2, -0.15) is 5.10 Å². The van der Waals surface area contributed by atoms with Gasteiger partial charge < -0.3 is 10.3 Å². The predicted octanol–water partition coefficient (Wildman–Crippen LogP) is 0.860. The Balaban J connectivity index is 2.33. The van der Waals surface area contributed by atoms with Gasteiger partial charge in [0.2, 0.25) is 5.91 Å². The minimum absolute atomic E-state index is 0.0612. The fourth-order valence-electron chi connectivity index (χ4n) is 1.91. The Morgan fingerprint density at radius 2 is 2.14 bits per heavy atom. The van der Waals surface area contributed by atoms with Crippen molar-refractivity contribution in [2.45, 2.75) is 38.1 Å². The van der Waals surface area contributed by atoms with Gasteiger partial charge in [-0.3, -0.25) is 4.79 Å². The lowest BCUT2D eigenvalue weighted by molar-refractivity contribution is -0.131. The number of hydrogen-bond donors (Lipinski definition) is 1. The van der Waals surface area contributed by atoms with Crippen LogP contribution in [0.2, 0.25) is 0 Å². The smallest absolute Gasteiger partial charge is 0.243 e. The average molecular weight is 196 g/mol. The van der Waals surface area contributed by atoms with Gasteiger partial charge in [0.25, 0.3) is 0 Å². The third-order valence-electron chi connectivity index (χ3n) is 2.84. The predicted molar refractivity (Wildman–Crippen MR) is 56.1 cm³/mol. The average Bonchev–Trinajstić information content (AvgIpc) is 2.26. The summed E-state index contributed by atoms with van der Waals surface area (Å²) in [6, 6.07) is 0.413. The third-order valence-corrected chi connectivity index (χ3v) is 2.84. The summed E-state index contributed by atoms with van der Waals surface area (Å²) < 4.78 is 0. The van der Waals surface area contributed by atoms with Crippen LogP contribution in [0.15, 0.2) is 5.10 Å². The van der Waals surface area contributed by atoms with Gasteiger partial charge >= 0.3 is 0 Å². The van der Waals surface area contributed by atoms with Crippen LogP contribution in [-0.4, -0.2) is 37.2 Å². The van der Waals surface area contributed by atoms with Crippen LogP contribution in [0.25, 0.3) is 0 Å². The largest absolute Gasteiger partial charge is 0.341 e. The van der Waals surface area contributed by atoms with E-state index < -0.39 is 0 Å². The zero-order chi connectivity index (χ0) is 10.4. The van der Waals surface area contributed by atoms with Gasteiger partial charge in [-0.15, -0.1) is 0 Å². The number of nitrogens with one attached hydrogen (secondary N) is 1. The van der Waals surface area contributed by atoms with Crippen molar-refractivity contribution in [3.8, 4) is 0 Å². The van der Waals surface area contributed by atoms with Crippen LogP contribution < -0.4 is 5.43 Å². The van der Waals surface area contributed by atoms with Gasteiger partial charge in [-0.25, -0.2) is 0 Å². The van der Waals surface area contributed by atoms with Gasteiger partial charge in [0.05, 0.1) is 6.72 Å². The molecule has 4 heteroatoms. The molecule has 0 atom stereocenters. The summed E-state index contributed by atoms with van der Waals surface area (Å²) in [5, 5.41) is 3.21. The van der Waals surface area contributed by atoms with Crippen LogP contribution in [-0.2, 0) is 4.79 Å². The van der Waals surface area contributed by atoms with E-state index in [9.17, 15) is 4.79 Å². The molecule has 1 aliphatic rings. The highest BCUT2D eigenvalue weighted by atomic mass is 16.2. The first-order valence-electron chi connectivity index (χ1n) is 5.14. The summed E-state index contributed by atoms with van der Waals surface area (Å²) in [7, 11) is 1.86. The molecule has 1 rings (SSSR count). The number of nitrogens with zero attached hydrogens (tertiary/aromatic N) is 2. The number of hydrazone groups is 1. The van der Waals surface area contributed by atoms with Crippen molar-refractivity contribution in [1.82, 2.24) is 10.3 Å². The summed E-state index contributed by atoms with van der Waals surface area (Å²) in [6.07, 6.45) is 6.02. The van der Waals surface area contributed by atoms with E-state index in [1.54, 1.807) is 0 Å². The first-order chi connectivity index (χ1) is 6.75. The van der Waals surface area contributed by atoms with Crippen LogP contribution >= 0.6 is 0 Å². The lowest BCUT2D eigenvalue weighted by atomic mass is 9.94. The molecule has 0 aromatic heterocycles. The molecule has 0 heterocycles. The number of amides is 1. The van der Waals surface area contributed by atoms with Crippen LogP contribution in [0.3, 0.4) is 0 Å². The zero-order valence-electron chi connectivity index (χ0n) is 8.70. The van der Waals surface area contributed by atoms with E-state index in [0.29, 0.717) is 6.04 Å². The quantitative estimate of drug-likeness (QED) is 0.535. The monoisotopic (exact) mass is 196 g/mol. The Hall–Kier alpha value is -1.06. The molecule has 0 aromatic rings. The summed E-state index contributed by atoms with van der Waals surface area (Å²) >= 11 is 0. The highest BCUT2D eigenvalue weighted by Gasteiger charge is 2.21. The molecule has 0 aromatic carbocycles. The van der Waals surface area contributed by atoms with Gasteiger partial charge in [-0.05, 0) is 12.8 Å². The minimum Gasteiger partial charge on any atom is -0.341 e. The molecule has 14 heavy (non-hydrogen) atoms. The normalized spacial score (nSPS) is 17.5. The maximum Gasteiger partial charge on any atom is 0.243 e. The molecule has 0 unspecified atom stereocenters. The second-order valence-corrected chi connectivity index (χ2v) is 3.76. The van der Waals surface area contributed by atoms with Crippen molar-refractivity contribution >= 4 is 12.6 Å². The van der Waals surface area contributed by atoms with E-state index in [0.717, 1.165) is 12.8 Å². The molecule has 0 aliphatic heterocycles. The molecule has 1 saturated carbocycles. The number of carbonyl (C=O) groups excluding carboxylic acids is 1. The Morgan fingerprint density at radius 1 is 1.50 bits per heavy atom. The van der Waals surface area contributed by atoms with Gasteiger partial charge in [-0.1, -0.05) is 19.3 Å². The fraction of sp³-hybridized carbons (Fsp3) is 0.800. The molecule has 79 valence electrons. The molecule has 1 amide bonds. The number of hydrogen-bond acceptors (Lipinski definition) is 3. The van der Waals surface area contributed by atoms with E-state index >= 15 is 0 Å². The SMILES string of the molecule is [CH]=NNCC(=O)N(C)C1CCCCC1. The van der Waals surface area contributed by atoms with Crippen molar-refractivity contribution in [3.63, 3.8) is 0 Å². The molecule has 1 N–H and O–H groups in total. The highest BCUT2D eigenvalue weighted by Crippen LogP contribution is 2.21. The number of rotatable bonds is 4. The van der Waals surface area contributed by atoms with Gasteiger partial charge in [0.1, 0.15) is 6.54 Å². The first-order valence-corrected chi connectivity index (χ1v) is 5.14. The Labute approximate surface area is 85.4 Å².